The van der Waals surface area contributed by atoms with Crippen molar-refractivity contribution in [3.63, 3.8) is 0 Å². The topological polar surface area (TPSA) is 81.1 Å². The molecule has 0 spiro atoms. The van der Waals surface area contributed by atoms with Gasteiger partial charge in [-0.3, -0.25) is 4.79 Å². The van der Waals surface area contributed by atoms with Crippen LogP contribution < -0.4 is 16.8 Å². The number of primary amides is 1. The highest BCUT2D eigenvalue weighted by molar-refractivity contribution is 5.93. The van der Waals surface area contributed by atoms with Crippen LogP contribution in [0.3, 0.4) is 0 Å². The number of nitrogens with two attached hydrogens (primary N) is 2. The molecule has 1 aromatic carbocycles. The molecule has 1 aromatic rings. The first kappa shape index (κ1) is 13.5. The van der Waals surface area contributed by atoms with Crippen molar-refractivity contribution < 1.29 is 4.79 Å². The van der Waals surface area contributed by atoms with Gasteiger partial charge >= 0.3 is 0 Å². The van der Waals surface area contributed by atoms with Crippen LogP contribution in [-0.2, 0) is 0 Å². The number of anilines is 1. The minimum atomic E-state index is -0.410. The molecule has 4 heteroatoms. The number of carbonyl (C=O) groups excluding carboxylic acids is 1. The molecule has 0 atom stereocenters. The van der Waals surface area contributed by atoms with E-state index in [-0.39, 0.29) is 5.54 Å². The molecular weight excluding hydrogens is 214 g/mol. The van der Waals surface area contributed by atoms with Crippen molar-refractivity contribution in [3.05, 3.63) is 29.8 Å². The Morgan fingerprint density at radius 3 is 2.12 bits per heavy atom. The Bertz CT molecular complexity index is 360. The molecule has 0 fully saturated rings. The molecule has 4 nitrogen and oxygen atoms in total. The Kier molecular flexibility index (Phi) is 4.52. The predicted molar refractivity (Wildman–Crippen MR) is 71.0 cm³/mol. The van der Waals surface area contributed by atoms with Crippen LogP contribution in [-0.4, -0.2) is 18.0 Å². The van der Waals surface area contributed by atoms with Gasteiger partial charge in [0.25, 0.3) is 0 Å². The van der Waals surface area contributed by atoms with Crippen LogP contribution >= 0.6 is 0 Å². The summed E-state index contributed by atoms with van der Waals surface area (Å²) in [5, 5.41) is 3.43. The average Bonchev–Trinajstić information content (AvgIpc) is 2.37. The van der Waals surface area contributed by atoms with Crippen LogP contribution in [0.4, 0.5) is 5.69 Å². The third-order valence-electron chi connectivity index (χ3n) is 3.32. The van der Waals surface area contributed by atoms with E-state index in [1.54, 1.807) is 12.1 Å². The van der Waals surface area contributed by atoms with Crippen LogP contribution in [0.1, 0.15) is 37.0 Å². The van der Waals surface area contributed by atoms with Gasteiger partial charge in [-0.05, 0) is 37.1 Å². The molecule has 0 bridgehead atoms. The Morgan fingerprint density at radius 1 is 1.24 bits per heavy atom. The van der Waals surface area contributed by atoms with Crippen molar-refractivity contribution in [2.24, 2.45) is 11.5 Å². The number of rotatable bonds is 6. The zero-order chi connectivity index (χ0) is 12.9. The highest BCUT2D eigenvalue weighted by Gasteiger charge is 2.23. The Morgan fingerprint density at radius 2 is 1.76 bits per heavy atom. The Labute approximate surface area is 102 Å². The van der Waals surface area contributed by atoms with E-state index < -0.39 is 5.91 Å². The van der Waals surface area contributed by atoms with Gasteiger partial charge in [0, 0.05) is 23.3 Å². The van der Waals surface area contributed by atoms with Crippen LogP contribution in [0.15, 0.2) is 24.3 Å². The van der Waals surface area contributed by atoms with Crippen molar-refractivity contribution in [1.29, 1.82) is 0 Å². The molecule has 0 aliphatic heterocycles. The summed E-state index contributed by atoms with van der Waals surface area (Å²) in [5.74, 6) is -0.410. The zero-order valence-corrected chi connectivity index (χ0v) is 10.5. The maximum atomic E-state index is 10.9. The largest absolute Gasteiger partial charge is 0.378 e. The molecule has 0 aliphatic rings. The number of carbonyl (C=O) groups is 1. The summed E-state index contributed by atoms with van der Waals surface area (Å²) in [6.45, 7) is 4.81. The van der Waals surface area contributed by atoms with E-state index in [4.69, 9.17) is 11.5 Å². The van der Waals surface area contributed by atoms with Crippen LogP contribution in [0.2, 0.25) is 0 Å². The molecule has 94 valence electrons. The van der Waals surface area contributed by atoms with E-state index in [0.29, 0.717) is 12.1 Å². The lowest BCUT2D eigenvalue weighted by atomic mass is 9.92. The minimum Gasteiger partial charge on any atom is -0.378 e. The van der Waals surface area contributed by atoms with Gasteiger partial charge in [-0.1, -0.05) is 13.8 Å². The first-order valence-electron chi connectivity index (χ1n) is 5.95. The predicted octanol–water partition coefficient (Wildman–Crippen LogP) is 1.71. The summed E-state index contributed by atoms with van der Waals surface area (Å²) < 4.78 is 0. The number of amides is 1. The standard InChI is InChI=1S/C13H21N3O/c1-3-13(4-2,9-14)16-11-7-5-10(6-8-11)12(15)17/h5-8,16H,3-4,9,14H2,1-2H3,(H2,15,17). The zero-order valence-electron chi connectivity index (χ0n) is 10.5. The van der Waals surface area contributed by atoms with E-state index >= 15 is 0 Å². The molecule has 0 saturated heterocycles. The van der Waals surface area contributed by atoms with E-state index in [1.807, 2.05) is 12.1 Å². The number of hydrogen-bond donors (Lipinski definition) is 3. The second-order valence-electron chi connectivity index (χ2n) is 4.26. The number of benzene rings is 1. The van der Waals surface area contributed by atoms with Gasteiger partial charge in [-0.15, -0.1) is 0 Å². The maximum absolute atomic E-state index is 10.9. The maximum Gasteiger partial charge on any atom is 0.248 e. The van der Waals surface area contributed by atoms with Gasteiger partial charge < -0.3 is 16.8 Å². The molecule has 0 aromatic heterocycles. The van der Waals surface area contributed by atoms with Crippen LogP contribution in [0, 0.1) is 0 Å². The molecular formula is C13H21N3O. The molecule has 1 amide bonds. The lowest BCUT2D eigenvalue weighted by Gasteiger charge is -2.32. The third kappa shape index (κ3) is 3.20. The van der Waals surface area contributed by atoms with E-state index in [9.17, 15) is 4.79 Å². The molecule has 17 heavy (non-hydrogen) atoms. The van der Waals surface area contributed by atoms with Crippen LogP contribution in [0.25, 0.3) is 0 Å². The summed E-state index contributed by atoms with van der Waals surface area (Å²) in [6.07, 6.45) is 1.91. The first-order chi connectivity index (χ1) is 8.06. The fraction of sp³-hybridized carbons (Fsp3) is 0.462. The van der Waals surface area contributed by atoms with Crippen molar-refractivity contribution in [2.75, 3.05) is 11.9 Å². The van der Waals surface area contributed by atoms with Gasteiger partial charge in [0.2, 0.25) is 5.91 Å². The second-order valence-corrected chi connectivity index (χ2v) is 4.26. The molecule has 0 heterocycles. The lowest BCUT2D eigenvalue weighted by molar-refractivity contribution is 0.100. The minimum absolute atomic E-state index is 0.0752. The fourth-order valence-corrected chi connectivity index (χ4v) is 1.79. The molecule has 1 rings (SSSR count). The normalized spacial score (nSPS) is 11.2. The van der Waals surface area contributed by atoms with Crippen LogP contribution in [0.5, 0.6) is 0 Å². The van der Waals surface area contributed by atoms with Gasteiger partial charge in [0.15, 0.2) is 0 Å². The monoisotopic (exact) mass is 235 g/mol. The van der Waals surface area contributed by atoms with Gasteiger partial charge in [-0.25, -0.2) is 0 Å². The first-order valence-corrected chi connectivity index (χ1v) is 5.95. The van der Waals surface area contributed by atoms with Gasteiger partial charge in [0.05, 0.1) is 0 Å². The molecule has 0 saturated carbocycles. The quantitative estimate of drug-likeness (QED) is 0.702. The number of nitrogens with one attached hydrogen (secondary N) is 1. The van der Waals surface area contributed by atoms with E-state index in [1.165, 1.54) is 0 Å². The highest BCUT2D eigenvalue weighted by atomic mass is 16.1. The Balaban J connectivity index is 2.84. The second kappa shape index (κ2) is 5.68. The smallest absolute Gasteiger partial charge is 0.248 e. The van der Waals surface area contributed by atoms with E-state index in [0.717, 1.165) is 18.5 Å². The van der Waals surface area contributed by atoms with Crippen molar-refractivity contribution >= 4 is 11.6 Å². The van der Waals surface area contributed by atoms with Crippen molar-refractivity contribution in [2.45, 2.75) is 32.2 Å². The highest BCUT2D eigenvalue weighted by Crippen LogP contribution is 2.21. The molecule has 0 radical (unpaired) electrons. The molecule has 5 N–H and O–H groups in total. The summed E-state index contributed by atoms with van der Waals surface area (Å²) in [4.78, 5) is 10.9. The summed E-state index contributed by atoms with van der Waals surface area (Å²) in [6, 6.07) is 7.15. The van der Waals surface area contributed by atoms with Crippen molar-refractivity contribution in [1.82, 2.24) is 0 Å². The average molecular weight is 235 g/mol. The Hall–Kier alpha value is -1.55. The number of hydrogen-bond acceptors (Lipinski definition) is 3. The summed E-state index contributed by atoms with van der Waals surface area (Å²) in [5.41, 5.74) is 12.4. The van der Waals surface area contributed by atoms with Crippen molar-refractivity contribution in [3.8, 4) is 0 Å². The lowest BCUT2D eigenvalue weighted by Crippen LogP contribution is -2.44. The molecule has 0 aliphatic carbocycles. The SMILES string of the molecule is CCC(CC)(CN)Nc1ccc(C(N)=O)cc1. The fourth-order valence-electron chi connectivity index (χ4n) is 1.79. The van der Waals surface area contributed by atoms with Gasteiger partial charge in [0.1, 0.15) is 0 Å². The molecule has 0 unspecified atom stereocenters. The van der Waals surface area contributed by atoms with Gasteiger partial charge in [-0.2, -0.15) is 0 Å². The van der Waals surface area contributed by atoms with E-state index in [2.05, 4.69) is 19.2 Å². The summed E-state index contributed by atoms with van der Waals surface area (Å²) in [7, 11) is 0. The summed E-state index contributed by atoms with van der Waals surface area (Å²) >= 11 is 0. The third-order valence-corrected chi connectivity index (χ3v) is 3.32.